The molecule has 8 heteroatoms. The molecule has 3 aliphatic heterocycles. The summed E-state index contributed by atoms with van der Waals surface area (Å²) in [5.41, 5.74) is -0.0651. The van der Waals surface area contributed by atoms with Crippen LogP contribution in [0.5, 0.6) is 0 Å². The number of aliphatic hydroxyl groups excluding tert-OH is 1. The summed E-state index contributed by atoms with van der Waals surface area (Å²) in [6, 6.07) is 8.90. The number of fused-ring (bicyclic) bond motifs is 1. The quantitative estimate of drug-likeness (QED) is 0.215. The van der Waals surface area contributed by atoms with Gasteiger partial charge in [-0.25, -0.2) is 0 Å². The second-order valence-electron chi connectivity index (χ2n) is 10.5. The Balaban J connectivity index is 1.62. The van der Waals surface area contributed by atoms with Gasteiger partial charge in [-0.3, -0.25) is 14.4 Å². The Hall–Kier alpha value is -2.97. The number of likely N-dealkylation sites (tertiary alicyclic amines) is 1. The molecule has 3 aliphatic rings. The molecule has 3 fully saturated rings. The molecule has 3 heterocycles. The number of hydrogen-bond acceptors (Lipinski definition) is 6. The second kappa shape index (κ2) is 12.7. The number of nitrogens with zero attached hydrogens (tertiary/aromatic N) is 2. The van der Waals surface area contributed by atoms with Gasteiger partial charge in [-0.2, -0.15) is 0 Å². The summed E-state index contributed by atoms with van der Waals surface area (Å²) < 4.78 is 12.1. The average molecular weight is 525 g/mol. The molecule has 0 radical (unpaired) electrons. The zero-order chi connectivity index (χ0) is 27.1. The van der Waals surface area contributed by atoms with Gasteiger partial charge in [0.15, 0.2) is 0 Å². The number of carbonyl (C=O) groups excluding carboxylic acids is 3. The third-order valence-electron chi connectivity index (χ3n) is 8.04. The molecule has 206 valence electrons. The first-order valence-electron chi connectivity index (χ1n) is 13.8. The molecule has 0 aliphatic carbocycles. The Bertz CT molecular complexity index is 1010. The molecular weight excluding hydrogens is 484 g/mol. The van der Waals surface area contributed by atoms with Crippen LogP contribution in [0.25, 0.3) is 0 Å². The predicted octanol–water partition coefficient (Wildman–Crippen LogP) is 3.25. The van der Waals surface area contributed by atoms with Gasteiger partial charge in [-0.05, 0) is 50.5 Å². The van der Waals surface area contributed by atoms with Crippen molar-refractivity contribution < 1.29 is 29.0 Å². The molecule has 1 spiro atoms. The van der Waals surface area contributed by atoms with E-state index in [-0.39, 0.29) is 25.0 Å². The van der Waals surface area contributed by atoms with Crippen LogP contribution >= 0.6 is 0 Å². The number of amides is 2. The largest absolute Gasteiger partial charge is 0.465 e. The molecule has 1 aromatic rings. The Labute approximate surface area is 225 Å². The minimum atomic E-state index is -1.04. The summed E-state index contributed by atoms with van der Waals surface area (Å²) in [5, 5.41) is 9.21. The summed E-state index contributed by atoms with van der Waals surface area (Å²) in [5.74, 6) is -2.25. The van der Waals surface area contributed by atoms with E-state index < -0.39 is 35.6 Å². The third-order valence-corrected chi connectivity index (χ3v) is 8.04. The Morgan fingerprint density at radius 3 is 2.66 bits per heavy atom. The van der Waals surface area contributed by atoms with E-state index in [0.717, 1.165) is 18.4 Å². The molecule has 0 saturated carbocycles. The lowest BCUT2D eigenvalue weighted by molar-refractivity contribution is -0.155. The van der Waals surface area contributed by atoms with Gasteiger partial charge in [0.2, 0.25) is 11.8 Å². The number of allylic oxidation sites excluding steroid dienone is 1. The smallest absolute Gasteiger partial charge is 0.312 e. The molecule has 4 rings (SSSR count). The molecular formula is C30H40N2O6. The highest BCUT2D eigenvalue weighted by atomic mass is 16.6. The van der Waals surface area contributed by atoms with Gasteiger partial charge in [0, 0.05) is 26.2 Å². The minimum absolute atomic E-state index is 0.0810. The lowest BCUT2D eigenvalue weighted by atomic mass is 9.70. The summed E-state index contributed by atoms with van der Waals surface area (Å²) in [7, 11) is 0. The van der Waals surface area contributed by atoms with Crippen LogP contribution < -0.4 is 0 Å². The van der Waals surface area contributed by atoms with Crippen molar-refractivity contribution in [2.45, 2.75) is 69.2 Å². The first kappa shape index (κ1) is 28.0. The van der Waals surface area contributed by atoms with Crippen LogP contribution in [0.2, 0.25) is 0 Å². The number of ether oxygens (including phenoxy) is 2. The van der Waals surface area contributed by atoms with E-state index in [9.17, 15) is 19.5 Å². The molecule has 2 amide bonds. The van der Waals surface area contributed by atoms with Gasteiger partial charge in [-0.15, -0.1) is 13.2 Å². The summed E-state index contributed by atoms with van der Waals surface area (Å²) in [6.07, 6.45) is 7.62. The van der Waals surface area contributed by atoms with Crippen LogP contribution in [0, 0.1) is 11.8 Å². The second-order valence-corrected chi connectivity index (χ2v) is 10.5. The highest BCUT2D eigenvalue weighted by Gasteiger charge is 2.75. The molecule has 8 nitrogen and oxygen atoms in total. The van der Waals surface area contributed by atoms with E-state index in [0.29, 0.717) is 51.7 Å². The maximum absolute atomic E-state index is 14.3. The molecule has 1 N–H and O–H groups in total. The monoisotopic (exact) mass is 524 g/mol. The molecule has 3 saturated heterocycles. The Morgan fingerprint density at radius 2 is 1.95 bits per heavy atom. The fraction of sp³-hybridized carbons (Fsp3) is 0.567. The SMILES string of the molecule is C=CCCCOC(=O)[C@@H]1[C@H]2C(=O)N(CCCCCO)C(C(=O)N(CC=C)Cc3ccccc3)C23CC[C@H]1O3. The molecule has 2 unspecified atom stereocenters. The van der Waals surface area contributed by atoms with Crippen molar-refractivity contribution >= 4 is 17.8 Å². The minimum Gasteiger partial charge on any atom is -0.465 e. The number of benzene rings is 1. The number of rotatable bonds is 15. The predicted molar refractivity (Wildman–Crippen MR) is 143 cm³/mol. The number of aliphatic hydroxyl groups is 1. The Morgan fingerprint density at radius 1 is 1.16 bits per heavy atom. The normalized spacial score (nSPS) is 27.3. The average Bonchev–Trinajstić information content (AvgIpc) is 3.56. The third kappa shape index (κ3) is 5.43. The number of carbonyl (C=O) groups is 3. The van der Waals surface area contributed by atoms with Crippen LogP contribution in [0.3, 0.4) is 0 Å². The van der Waals surface area contributed by atoms with Crippen molar-refractivity contribution in [2.24, 2.45) is 11.8 Å². The van der Waals surface area contributed by atoms with E-state index in [1.54, 1.807) is 22.0 Å². The van der Waals surface area contributed by atoms with Crippen LogP contribution in [0.15, 0.2) is 55.6 Å². The van der Waals surface area contributed by atoms with Crippen LogP contribution in [-0.4, -0.2) is 76.7 Å². The standard InChI is InChI=1S/C30H40N2O6/c1-3-5-12-20-37-29(36)24-23-15-16-30(38-23)25(24)27(34)32(18-10-7-11-19-33)26(30)28(35)31(17-4-2)21-22-13-8-6-9-14-22/h3-4,6,8-9,13-14,23-26,33H,1-2,5,7,10-12,15-21H2/t23-,24+,25+,26?,30?/m1/s1. The van der Waals surface area contributed by atoms with Crippen LogP contribution in [0.4, 0.5) is 0 Å². The number of esters is 1. The van der Waals surface area contributed by atoms with Gasteiger partial charge in [0.25, 0.3) is 0 Å². The van der Waals surface area contributed by atoms with Gasteiger partial charge >= 0.3 is 5.97 Å². The zero-order valence-electron chi connectivity index (χ0n) is 22.1. The van der Waals surface area contributed by atoms with Crippen molar-refractivity contribution in [2.75, 3.05) is 26.3 Å². The topological polar surface area (TPSA) is 96.4 Å². The van der Waals surface area contributed by atoms with E-state index >= 15 is 0 Å². The fourth-order valence-electron chi connectivity index (χ4n) is 6.37. The maximum atomic E-state index is 14.3. The highest BCUT2D eigenvalue weighted by Crippen LogP contribution is 2.58. The van der Waals surface area contributed by atoms with Gasteiger partial charge in [0.05, 0.1) is 24.5 Å². The first-order valence-corrected chi connectivity index (χ1v) is 13.8. The molecule has 1 aromatic carbocycles. The fourth-order valence-corrected chi connectivity index (χ4v) is 6.37. The van der Waals surface area contributed by atoms with Crippen molar-refractivity contribution in [1.29, 1.82) is 0 Å². The summed E-state index contributed by atoms with van der Waals surface area (Å²) in [4.78, 5) is 44.8. The van der Waals surface area contributed by atoms with E-state index in [2.05, 4.69) is 13.2 Å². The van der Waals surface area contributed by atoms with Crippen molar-refractivity contribution in [1.82, 2.24) is 9.80 Å². The van der Waals surface area contributed by atoms with Crippen molar-refractivity contribution in [3.8, 4) is 0 Å². The number of unbranched alkanes of at least 4 members (excludes halogenated alkanes) is 3. The first-order chi connectivity index (χ1) is 18.5. The van der Waals surface area contributed by atoms with E-state index in [1.165, 1.54) is 0 Å². The van der Waals surface area contributed by atoms with Crippen LogP contribution in [0.1, 0.15) is 50.5 Å². The molecule has 38 heavy (non-hydrogen) atoms. The lowest BCUT2D eigenvalue weighted by Gasteiger charge is -2.37. The molecule has 5 atom stereocenters. The van der Waals surface area contributed by atoms with Gasteiger partial charge in [0.1, 0.15) is 11.6 Å². The number of hydrogen-bond donors (Lipinski definition) is 1. The zero-order valence-corrected chi connectivity index (χ0v) is 22.1. The van der Waals surface area contributed by atoms with E-state index in [4.69, 9.17) is 9.47 Å². The lowest BCUT2D eigenvalue weighted by Crippen LogP contribution is -2.56. The highest BCUT2D eigenvalue weighted by molar-refractivity contribution is 5.98. The van der Waals surface area contributed by atoms with Crippen LogP contribution in [-0.2, 0) is 30.4 Å². The maximum Gasteiger partial charge on any atom is 0.312 e. The van der Waals surface area contributed by atoms with Gasteiger partial charge in [-0.1, -0.05) is 42.5 Å². The molecule has 0 aromatic heterocycles. The summed E-state index contributed by atoms with van der Waals surface area (Å²) in [6.45, 7) is 8.97. The van der Waals surface area contributed by atoms with E-state index in [1.807, 2.05) is 30.3 Å². The van der Waals surface area contributed by atoms with Crippen molar-refractivity contribution in [3.05, 3.63) is 61.2 Å². The Kier molecular flexibility index (Phi) is 9.39. The summed E-state index contributed by atoms with van der Waals surface area (Å²) >= 11 is 0. The van der Waals surface area contributed by atoms with Gasteiger partial charge < -0.3 is 24.4 Å². The van der Waals surface area contributed by atoms with Crippen molar-refractivity contribution in [3.63, 3.8) is 0 Å². The molecule has 2 bridgehead atoms.